The van der Waals surface area contributed by atoms with Crippen LogP contribution in [0.5, 0.6) is 11.5 Å². The molecule has 0 aliphatic rings. The van der Waals surface area contributed by atoms with Crippen LogP contribution in [-0.4, -0.2) is 25.3 Å². The number of hydrogen-bond donors (Lipinski definition) is 2. The van der Waals surface area contributed by atoms with Gasteiger partial charge in [0.1, 0.15) is 0 Å². The van der Waals surface area contributed by atoms with Gasteiger partial charge in [0.15, 0.2) is 11.5 Å². The first-order valence-corrected chi connectivity index (χ1v) is 7.35. The molecule has 0 aliphatic heterocycles. The van der Waals surface area contributed by atoms with Crippen molar-refractivity contribution in [1.29, 1.82) is 0 Å². The van der Waals surface area contributed by atoms with Crippen LogP contribution in [0.3, 0.4) is 0 Å². The smallest absolute Gasteiger partial charge is 0.310 e. The molecule has 0 aromatic heterocycles. The van der Waals surface area contributed by atoms with Gasteiger partial charge >= 0.3 is 5.97 Å². The molecular weight excluding hydrogens is 294 g/mol. The van der Waals surface area contributed by atoms with E-state index in [-0.39, 0.29) is 0 Å². The Kier molecular flexibility index (Phi) is 5.46. The van der Waals surface area contributed by atoms with Crippen LogP contribution in [0.4, 0.5) is 5.69 Å². The van der Waals surface area contributed by atoms with E-state index in [4.69, 9.17) is 15.2 Å². The van der Waals surface area contributed by atoms with Crippen LogP contribution >= 0.6 is 0 Å². The fraction of sp³-hybridized carbons (Fsp3) is 0.278. The van der Waals surface area contributed by atoms with Crippen molar-refractivity contribution < 1.29 is 19.4 Å². The number of aliphatic carboxylic acids is 1. The molecule has 2 rings (SSSR count). The molecule has 0 amide bonds. The predicted octanol–water partition coefficient (Wildman–Crippen LogP) is 3.09. The van der Waals surface area contributed by atoms with Gasteiger partial charge in [-0.15, -0.1) is 0 Å². The third-order valence-electron chi connectivity index (χ3n) is 3.85. The third kappa shape index (κ3) is 3.94. The second-order valence-corrected chi connectivity index (χ2v) is 5.25. The molecule has 5 heteroatoms. The Morgan fingerprint density at radius 2 is 1.74 bits per heavy atom. The first-order valence-electron chi connectivity index (χ1n) is 7.35. The molecular formula is C18H21NO4. The van der Waals surface area contributed by atoms with E-state index in [2.05, 4.69) is 0 Å². The van der Waals surface area contributed by atoms with Crippen molar-refractivity contribution in [1.82, 2.24) is 0 Å². The van der Waals surface area contributed by atoms with E-state index in [1.165, 1.54) is 0 Å². The van der Waals surface area contributed by atoms with Crippen LogP contribution in [-0.2, 0) is 11.2 Å². The summed E-state index contributed by atoms with van der Waals surface area (Å²) in [4.78, 5) is 11.6. The lowest BCUT2D eigenvalue weighted by molar-refractivity contribution is -0.138. The number of anilines is 1. The number of carboxylic acids is 1. The maximum Gasteiger partial charge on any atom is 0.310 e. The van der Waals surface area contributed by atoms with Gasteiger partial charge in [0.2, 0.25) is 0 Å². The molecule has 0 aliphatic carbocycles. The summed E-state index contributed by atoms with van der Waals surface area (Å²) in [6.45, 7) is 0. The molecule has 0 saturated heterocycles. The monoisotopic (exact) mass is 315 g/mol. The van der Waals surface area contributed by atoms with Gasteiger partial charge in [0, 0.05) is 11.8 Å². The molecule has 0 fully saturated rings. The average molecular weight is 315 g/mol. The van der Waals surface area contributed by atoms with E-state index >= 15 is 0 Å². The van der Waals surface area contributed by atoms with Crippen LogP contribution in [0.1, 0.15) is 23.5 Å². The van der Waals surface area contributed by atoms with Crippen LogP contribution in [0.25, 0.3) is 0 Å². The van der Waals surface area contributed by atoms with Gasteiger partial charge in [-0.3, -0.25) is 4.79 Å². The summed E-state index contributed by atoms with van der Waals surface area (Å²) in [5.74, 6) is -0.256. The summed E-state index contributed by atoms with van der Waals surface area (Å²) < 4.78 is 10.5. The summed E-state index contributed by atoms with van der Waals surface area (Å²) in [5.41, 5.74) is 8.25. The lowest BCUT2D eigenvalue weighted by Crippen LogP contribution is -2.13. The number of hydrogen-bond acceptors (Lipinski definition) is 4. The van der Waals surface area contributed by atoms with Crippen molar-refractivity contribution in [3.8, 4) is 11.5 Å². The molecule has 0 saturated carbocycles. The molecule has 0 heterocycles. The summed E-state index contributed by atoms with van der Waals surface area (Å²) in [5, 5.41) is 9.48. The molecule has 2 aromatic carbocycles. The zero-order chi connectivity index (χ0) is 16.8. The summed E-state index contributed by atoms with van der Waals surface area (Å²) in [7, 11) is 3.11. The standard InChI is InChI=1S/C18H21NO4/c1-22-16-10-13(15(19)11-17(16)23-2)8-9-14(18(20)21)12-6-4-3-5-7-12/h3-7,10-11,14H,8-9,19H2,1-2H3,(H,20,21)/t14-/m0/s1. The lowest BCUT2D eigenvalue weighted by Gasteiger charge is -2.15. The maximum absolute atomic E-state index is 11.6. The topological polar surface area (TPSA) is 81.8 Å². The van der Waals surface area contributed by atoms with Gasteiger partial charge in [-0.05, 0) is 30.0 Å². The Balaban J connectivity index is 2.20. The highest BCUT2D eigenvalue weighted by Gasteiger charge is 2.20. The van der Waals surface area contributed by atoms with Gasteiger partial charge in [-0.25, -0.2) is 0 Å². The Morgan fingerprint density at radius 3 is 2.30 bits per heavy atom. The minimum Gasteiger partial charge on any atom is -0.493 e. The van der Waals surface area contributed by atoms with Crippen LogP contribution in [0.2, 0.25) is 0 Å². The normalized spacial score (nSPS) is 11.7. The molecule has 3 N–H and O–H groups in total. The summed E-state index contributed by atoms with van der Waals surface area (Å²) in [6.07, 6.45) is 0.997. The molecule has 0 spiro atoms. The van der Waals surface area contributed by atoms with E-state index in [1.807, 2.05) is 30.3 Å². The Bertz CT molecular complexity index is 670. The molecule has 2 aromatic rings. The van der Waals surface area contributed by atoms with Crippen molar-refractivity contribution in [2.24, 2.45) is 0 Å². The van der Waals surface area contributed by atoms with Gasteiger partial charge in [0.25, 0.3) is 0 Å². The number of carbonyl (C=O) groups is 1. The Labute approximate surface area is 135 Å². The predicted molar refractivity (Wildman–Crippen MR) is 89.1 cm³/mol. The van der Waals surface area contributed by atoms with Gasteiger partial charge in [-0.1, -0.05) is 30.3 Å². The number of nitrogen functional groups attached to an aromatic ring is 1. The SMILES string of the molecule is COc1cc(N)c(CC[C@H](C(=O)O)c2ccccc2)cc1OC. The quantitative estimate of drug-likeness (QED) is 0.767. The molecule has 5 nitrogen and oxygen atoms in total. The fourth-order valence-corrected chi connectivity index (χ4v) is 2.57. The van der Waals surface area contributed by atoms with Crippen molar-refractivity contribution in [2.75, 3.05) is 20.0 Å². The zero-order valence-corrected chi connectivity index (χ0v) is 13.3. The van der Waals surface area contributed by atoms with Crippen LogP contribution < -0.4 is 15.2 Å². The fourth-order valence-electron chi connectivity index (χ4n) is 2.57. The van der Waals surface area contributed by atoms with Crippen molar-refractivity contribution >= 4 is 11.7 Å². The largest absolute Gasteiger partial charge is 0.493 e. The summed E-state index contributed by atoms with van der Waals surface area (Å²) >= 11 is 0. The minimum absolute atomic E-state index is 0.457. The first-order chi connectivity index (χ1) is 11.1. The molecule has 0 radical (unpaired) electrons. The number of ether oxygens (including phenoxy) is 2. The Hall–Kier alpha value is -2.69. The average Bonchev–Trinajstić information content (AvgIpc) is 2.56. The second kappa shape index (κ2) is 7.54. The van der Waals surface area contributed by atoms with E-state index in [1.54, 1.807) is 26.4 Å². The van der Waals surface area contributed by atoms with Crippen molar-refractivity contribution in [2.45, 2.75) is 18.8 Å². The van der Waals surface area contributed by atoms with Gasteiger partial charge in [-0.2, -0.15) is 0 Å². The first kappa shape index (κ1) is 16.7. The minimum atomic E-state index is -0.838. The second-order valence-electron chi connectivity index (χ2n) is 5.25. The summed E-state index contributed by atoms with van der Waals surface area (Å²) in [6, 6.07) is 12.7. The maximum atomic E-state index is 11.6. The highest BCUT2D eigenvalue weighted by atomic mass is 16.5. The highest BCUT2D eigenvalue weighted by molar-refractivity contribution is 5.76. The number of aryl methyl sites for hydroxylation is 1. The number of nitrogens with two attached hydrogens (primary N) is 1. The van der Waals surface area contributed by atoms with E-state index < -0.39 is 11.9 Å². The zero-order valence-electron chi connectivity index (χ0n) is 13.3. The van der Waals surface area contributed by atoms with E-state index in [9.17, 15) is 9.90 Å². The Morgan fingerprint density at radius 1 is 1.13 bits per heavy atom. The van der Waals surface area contributed by atoms with Gasteiger partial charge < -0.3 is 20.3 Å². The number of rotatable bonds is 7. The van der Waals surface area contributed by atoms with E-state index in [0.29, 0.717) is 30.0 Å². The molecule has 1 atom stereocenters. The molecule has 122 valence electrons. The van der Waals surface area contributed by atoms with Crippen molar-refractivity contribution in [3.05, 3.63) is 53.6 Å². The van der Waals surface area contributed by atoms with Crippen LogP contribution in [0.15, 0.2) is 42.5 Å². The number of benzene rings is 2. The molecule has 0 unspecified atom stereocenters. The third-order valence-corrected chi connectivity index (χ3v) is 3.85. The highest BCUT2D eigenvalue weighted by Crippen LogP contribution is 2.33. The number of methoxy groups -OCH3 is 2. The van der Waals surface area contributed by atoms with E-state index in [0.717, 1.165) is 11.1 Å². The molecule has 23 heavy (non-hydrogen) atoms. The number of carboxylic acid groups (broad SMARTS) is 1. The van der Waals surface area contributed by atoms with Crippen molar-refractivity contribution in [3.63, 3.8) is 0 Å². The lowest BCUT2D eigenvalue weighted by atomic mass is 9.92. The van der Waals surface area contributed by atoms with Crippen LogP contribution in [0, 0.1) is 0 Å². The molecule has 0 bridgehead atoms. The van der Waals surface area contributed by atoms with Gasteiger partial charge in [0.05, 0.1) is 20.1 Å².